The van der Waals surface area contributed by atoms with Gasteiger partial charge in [-0.1, -0.05) is 111 Å². The molecule has 0 saturated heterocycles. The van der Waals surface area contributed by atoms with Gasteiger partial charge in [-0.25, -0.2) is 9.80 Å². The Morgan fingerprint density at radius 1 is 0.852 bits per heavy atom. The highest BCUT2D eigenvalue weighted by molar-refractivity contribution is 7.81. The maximum Gasteiger partial charge on any atom is 0.408 e. The smallest absolute Gasteiger partial charge is 0.408 e. The predicted molar refractivity (Wildman–Crippen MR) is 215 cm³/mol. The number of benzene rings is 4. The van der Waals surface area contributed by atoms with E-state index in [2.05, 4.69) is 37.2 Å². The zero-order valence-electron chi connectivity index (χ0n) is 31.1. The van der Waals surface area contributed by atoms with Gasteiger partial charge < -0.3 is 20.7 Å². The van der Waals surface area contributed by atoms with Crippen molar-refractivity contribution in [2.24, 2.45) is 11.7 Å². The van der Waals surface area contributed by atoms with Crippen molar-refractivity contribution in [3.63, 3.8) is 0 Å². The van der Waals surface area contributed by atoms with E-state index in [1.165, 1.54) is 9.91 Å². The summed E-state index contributed by atoms with van der Waals surface area (Å²) >= 11 is 4.65. The number of rotatable bonds is 15. The monoisotopic (exact) mass is 750 g/mol. The lowest BCUT2D eigenvalue weighted by Gasteiger charge is -2.31. The number of hydrogen-bond donors (Lipinski definition) is 4. The van der Waals surface area contributed by atoms with Crippen LogP contribution in [0.3, 0.4) is 0 Å². The number of hydrazine groups is 1. The summed E-state index contributed by atoms with van der Waals surface area (Å²) in [5, 5.41) is 5.77. The number of carbonyl (C=O) groups excluding carboxylic acids is 4. The zero-order valence-corrected chi connectivity index (χ0v) is 32.0. The van der Waals surface area contributed by atoms with Crippen molar-refractivity contribution in [2.75, 3.05) is 11.6 Å². The number of alkyl carbamates (subject to hydrolysis) is 1. The predicted octanol–water partition coefficient (Wildman–Crippen LogP) is 6.50. The SMILES string of the molecule is CC(C)CC[C@H](S)CC(=O)NN(Cc1ccccc1)C(=O)C(CC1=CN(C(=O)[C@H](C)N)CN1c1cccc2ccccc12)NC(=O)OCc1ccccc1. The molecule has 5 rings (SSSR count). The van der Waals surface area contributed by atoms with Gasteiger partial charge in [-0.05, 0) is 48.3 Å². The summed E-state index contributed by atoms with van der Waals surface area (Å²) in [5.41, 5.74) is 11.8. The second kappa shape index (κ2) is 19.1. The van der Waals surface area contributed by atoms with Crippen LogP contribution in [-0.2, 0) is 32.3 Å². The van der Waals surface area contributed by atoms with Gasteiger partial charge in [0.2, 0.25) is 11.8 Å². The van der Waals surface area contributed by atoms with Crippen LogP contribution in [-0.4, -0.2) is 57.7 Å². The molecule has 1 aliphatic rings. The third kappa shape index (κ3) is 11.1. The number of thiol groups is 1. The molecule has 1 aliphatic heterocycles. The fraction of sp³-hybridized carbons (Fsp3) is 0.333. The number of carbonyl (C=O) groups is 4. The van der Waals surface area contributed by atoms with Crippen molar-refractivity contribution in [1.82, 2.24) is 20.7 Å². The summed E-state index contributed by atoms with van der Waals surface area (Å²) in [4.78, 5) is 58.4. The third-order valence-corrected chi connectivity index (χ3v) is 9.54. The number of hydrogen-bond acceptors (Lipinski definition) is 8. The van der Waals surface area contributed by atoms with E-state index < -0.39 is 24.1 Å². The lowest BCUT2D eigenvalue weighted by molar-refractivity contribution is -0.143. The number of amides is 4. The van der Waals surface area contributed by atoms with Gasteiger partial charge in [0.15, 0.2) is 0 Å². The summed E-state index contributed by atoms with van der Waals surface area (Å²) < 4.78 is 5.58. The van der Waals surface area contributed by atoms with Crippen LogP contribution < -0.4 is 21.4 Å². The lowest BCUT2D eigenvalue weighted by Crippen LogP contribution is -2.55. The molecule has 1 heterocycles. The van der Waals surface area contributed by atoms with E-state index in [1.54, 1.807) is 13.1 Å². The molecule has 0 fully saturated rings. The average molecular weight is 751 g/mol. The fourth-order valence-electron chi connectivity index (χ4n) is 6.25. The Balaban J connectivity index is 1.48. The summed E-state index contributed by atoms with van der Waals surface area (Å²) in [5.74, 6) is -0.785. The van der Waals surface area contributed by atoms with E-state index in [9.17, 15) is 19.2 Å². The molecule has 54 heavy (non-hydrogen) atoms. The molecule has 0 saturated carbocycles. The molecule has 0 aromatic heterocycles. The molecule has 4 aromatic rings. The van der Waals surface area contributed by atoms with Gasteiger partial charge in [-0.15, -0.1) is 0 Å². The quantitative estimate of drug-likeness (QED) is 0.0804. The van der Waals surface area contributed by atoms with E-state index in [0.29, 0.717) is 11.6 Å². The maximum absolute atomic E-state index is 14.7. The third-order valence-electron chi connectivity index (χ3n) is 9.10. The first-order valence-corrected chi connectivity index (χ1v) is 18.8. The van der Waals surface area contributed by atoms with Crippen LogP contribution >= 0.6 is 12.6 Å². The van der Waals surface area contributed by atoms with E-state index in [4.69, 9.17) is 10.5 Å². The first-order chi connectivity index (χ1) is 26.0. The van der Waals surface area contributed by atoms with Gasteiger partial charge in [0.25, 0.3) is 5.91 Å². The van der Waals surface area contributed by atoms with Crippen LogP contribution in [0.25, 0.3) is 10.8 Å². The summed E-state index contributed by atoms with van der Waals surface area (Å²) in [6.07, 6.45) is 2.57. The Morgan fingerprint density at radius 3 is 2.19 bits per heavy atom. The highest BCUT2D eigenvalue weighted by atomic mass is 32.1. The van der Waals surface area contributed by atoms with Gasteiger partial charge in [-0.3, -0.25) is 24.7 Å². The van der Waals surface area contributed by atoms with Crippen LogP contribution in [0.5, 0.6) is 0 Å². The van der Waals surface area contributed by atoms with Crippen molar-refractivity contribution < 1.29 is 23.9 Å². The van der Waals surface area contributed by atoms with Crippen molar-refractivity contribution in [3.05, 3.63) is 126 Å². The maximum atomic E-state index is 14.7. The lowest BCUT2D eigenvalue weighted by atomic mass is 10.0. The summed E-state index contributed by atoms with van der Waals surface area (Å²) in [7, 11) is 0. The van der Waals surface area contributed by atoms with Crippen LogP contribution in [0.15, 0.2) is 115 Å². The second-order valence-corrected chi connectivity index (χ2v) is 14.8. The summed E-state index contributed by atoms with van der Waals surface area (Å²) in [6, 6.07) is 30.3. The first kappa shape index (κ1) is 39.9. The van der Waals surface area contributed by atoms with E-state index in [1.807, 2.05) is 108 Å². The Morgan fingerprint density at radius 2 is 1.50 bits per heavy atom. The van der Waals surface area contributed by atoms with Gasteiger partial charge in [-0.2, -0.15) is 12.6 Å². The molecular weight excluding hydrogens is 701 g/mol. The van der Waals surface area contributed by atoms with Gasteiger partial charge >= 0.3 is 6.09 Å². The van der Waals surface area contributed by atoms with Crippen LogP contribution in [0.2, 0.25) is 0 Å². The molecule has 12 heteroatoms. The highest BCUT2D eigenvalue weighted by Crippen LogP contribution is 2.34. The number of nitrogens with two attached hydrogens (primary N) is 1. The Kier molecular flexibility index (Phi) is 14.1. The Hall–Kier alpha value is -5.33. The van der Waals surface area contributed by atoms with Gasteiger partial charge in [0.05, 0.1) is 18.3 Å². The molecule has 11 nitrogen and oxygen atoms in total. The number of ether oxygens (including phenoxy) is 1. The van der Waals surface area contributed by atoms with E-state index in [-0.39, 0.29) is 49.7 Å². The molecule has 0 radical (unpaired) electrons. The minimum atomic E-state index is -1.22. The molecule has 1 unspecified atom stereocenters. The van der Waals surface area contributed by atoms with Crippen molar-refractivity contribution in [1.29, 1.82) is 0 Å². The number of nitrogens with zero attached hydrogens (tertiary/aromatic N) is 3. The van der Waals surface area contributed by atoms with E-state index in [0.717, 1.165) is 40.4 Å². The molecule has 3 atom stereocenters. The van der Waals surface area contributed by atoms with E-state index >= 15 is 0 Å². The van der Waals surface area contributed by atoms with Crippen LogP contribution in [0.4, 0.5) is 10.5 Å². The molecule has 0 spiro atoms. The van der Waals surface area contributed by atoms with Crippen molar-refractivity contribution in [3.8, 4) is 0 Å². The molecule has 4 aromatic carbocycles. The minimum absolute atomic E-state index is 0.0146. The number of nitrogens with one attached hydrogen (secondary N) is 2. The normalized spacial score (nSPS) is 14.3. The Bertz CT molecular complexity index is 1920. The second-order valence-electron chi connectivity index (χ2n) is 14.0. The number of fused-ring (bicyclic) bond motifs is 1. The fourth-order valence-corrected chi connectivity index (χ4v) is 6.56. The molecule has 4 N–H and O–H groups in total. The zero-order chi connectivity index (χ0) is 38.6. The molecular formula is C42H50N6O5S. The first-order valence-electron chi connectivity index (χ1n) is 18.3. The molecule has 0 bridgehead atoms. The van der Waals surface area contributed by atoms with Gasteiger partial charge in [0, 0.05) is 35.4 Å². The topological polar surface area (TPSA) is 137 Å². The largest absolute Gasteiger partial charge is 0.445 e. The molecule has 0 aliphatic carbocycles. The van der Waals surface area contributed by atoms with Crippen molar-refractivity contribution >= 4 is 52.9 Å². The van der Waals surface area contributed by atoms with Crippen LogP contribution in [0.1, 0.15) is 57.6 Å². The molecule has 4 amide bonds. The summed E-state index contributed by atoms with van der Waals surface area (Å²) in [6.45, 7) is 6.02. The average Bonchev–Trinajstić information content (AvgIpc) is 3.59. The van der Waals surface area contributed by atoms with Gasteiger partial charge in [0.1, 0.15) is 19.3 Å². The standard InChI is InChI=1S/C42H50N6O5S/c1-29(2)21-22-35(54)24-39(49)45-48(25-31-13-6-4-7-14-31)41(51)37(44-42(52)53-27-32-15-8-5-9-16-32)23-34-26-46(40(50)30(3)43)28-47(34)38-20-12-18-33-17-10-11-19-36(33)38/h4-20,26,29-30,35,37,54H,21-25,27-28,43H2,1-3H3,(H,44,52)(H,45,49)/t30-,35-,37?/m0/s1. The van der Waals surface area contributed by atoms with Crippen molar-refractivity contribution in [2.45, 2.75) is 76.9 Å². The minimum Gasteiger partial charge on any atom is -0.445 e. The van der Waals surface area contributed by atoms with Crippen LogP contribution in [0, 0.1) is 5.92 Å². The number of anilines is 1. The highest BCUT2D eigenvalue weighted by Gasteiger charge is 2.35. The Labute approximate surface area is 322 Å². The molecule has 284 valence electrons.